The number of Topliss-reactive ketones (excluding diaryl/α,β-unsaturated/α-hetero) is 1. The molecule has 2 nitrogen and oxygen atoms in total. The molecule has 0 radical (unpaired) electrons. The summed E-state index contributed by atoms with van der Waals surface area (Å²) in [6.07, 6.45) is 10.7. The number of carbonyl (C=O) groups excluding carboxylic acids is 1. The van der Waals surface area contributed by atoms with Crippen molar-refractivity contribution in [2.75, 3.05) is 0 Å². The number of carbonyl (C=O) groups is 1. The SMILES string of the molecule is C=CCCC1=C2CC[C@]3(C)C(CC(CC)C3OC(C)(C)C)C2CCC1=O. The average Bonchev–Trinajstić information content (AvgIpc) is 2.85. The number of ketones is 1. The molecule has 0 aromatic heterocycles. The third-order valence-corrected chi connectivity index (χ3v) is 7.36. The maximum absolute atomic E-state index is 12.6. The van der Waals surface area contributed by atoms with Crippen LogP contribution >= 0.6 is 0 Å². The molecule has 0 heterocycles. The Morgan fingerprint density at radius 2 is 2.04 bits per heavy atom. The third-order valence-electron chi connectivity index (χ3n) is 7.36. The first-order valence-electron chi connectivity index (χ1n) is 10.7. The number of rotatable bonds is 5. The molecule has 5 atom stereocenters. The second-order valence-electron chi connectivity index (χ2n) is 10.1. The van der Waals surface area contributed by atoms with Crippen LogP contribution < -0.4 is 0 Å². The molecule has 2 saturated carbocycles. The van der Waals surface area contributed by atoms with Gasteiger partial charge in [0.15, 0.2) is 5.78 Å². The van der Waals surface area contributed by atoms with Crippen molar-refractivity contribution in [3.8, 4) is 0 Å². The molecular formula is C24H38O2. The molecule has 2 heteroatoms. The van der Waals surface area contributed by atoms with Crippen LogP contribution in [-0.2, 0) is 9.53 Å². The van der Waals surface area contributed by atoms with Crippen LogP contribution in [0.2, 0.25) is 0 Å². The van der Waals surface area contributed by atoms with E-state index >= 15 is 0 Å². The van der Waals surface area contributed by atoms with Crippen LogP contribution in [-0.4, -0.2) is 17.5 Å². The van der Waals surface area contributed by atoms with Gasteiger partial charge in [0.25, 0.3) is 0 Å². The first kappa shape index (κ1) is 19.9. The fourth-order valence-corrected chi connectivity index (χ4v) is 6.16. The van der Waals surface area contributed by atoms with Gasteiger partial charge < -0.3 is 4.74 Å². The Balaban J connectivity index is 1.93. The fourth-order valence-electron chi connectivity index (χ4n) is 6.16. The minimum absolute atomic E-state index is 0.0935. The third kappa shape index (κ3) is 3.46. The van der Waals surface area contributed by atoms with Gasteiger partial charge >= 0.3 is 0 Å². The molecular weight excluding hydrogens is 320 g/mol. The monoisotopic (exact) mass is 358 g/mol. The molecule has 2 fully saturated rings. The van der Waals surface area contributed by atoms with E-state index in [1.165, 1.54) is 24.8 Å². The fraction of sp³-hybridized carbons (Fsp3) is 0.792. The van der Waals surface area contributed by atoms with Gasteiger partial charge in [-0.15, -0.1) is 6.58 Å². The highest BCUT2D eigenvalue weighted by Gasteiger charge is 2.58. The molecule has 0 amide bonds. The second kappa shape index (κ2) is 7.26. The molecule has 146 valence electrons. The first-order valence-corrected chi connectivity index (χ1v) is 10.7. The summed E-state index contributed by atoms with van der Waals surface area (Å²) in [6, 6.07) is 0. The zero-order chi connectivity index (χ0) is 19.1. The van der Waals surface area contributed by atoms with E-state index in [9.17, 15) is 4.79 Å². The van der Waals surface area contributed by atoms with Crippen molar-refractivity contribution in [2.45, 2.75) is 97.7 Å². The number of hydrogen-bond acceptors (Lipinski definition) is 2. The molecule has 3 rings (SSSR count). The molecule has 0 aromatic carbocycles. The summed E-state index contributed by atoms with van der Waals surface area (Å²) in [5, 5.41) is 0. The van der Waals surface area contributed by atoms with Crippen LogP contribution in [0.3, 0.4) is 0 Å². The lowest BCUT2D eigenvalue weighted by Gasteiger charge is -2.49. The second-order valence-corrected chi connectivity index (χ2v) is 10.1. The van der Waals surface area contributed by atoms with E-state index in [-0.39, 0.29) is 11.0 Å². The zero-order valence-electron chi connectivity index (χ0n) is 17.6. The highest BCUT2D eigenvalue weighted by atomic mass is 16.5. The van der Waals surface area contributed by atoms with Crippen LogP contribution in [0.4, 0.5) is 0 Å². The van der Waals surface area contributed by atoms with Crippen molar-refractivity contribution in [3.63, 3.8) is 0 Å². The summed E-state index contributed by atoms with van der Waals surface area (Å²) in [6.45, 7) is 15.2. The Hall–Kier alpha value is -0.890. The van der Waals surface area contributed by atoms with Gasteiger partial charge in [-0.25, -0.2) is 0 Å². The molecule has 26 heavy (non-hydrogen) atoms. The van der Waals surface area contributed by atoms with Crippen molar-refractivity contribution in [3.05, 3.63) is 23.8 Å². The van der Waals surface area contributed by atoms with Crippen LogP contribution in [0.1, 0.15) is 86.0 Å². The van der Waals surface area contributed by atoms with E-state index in [0.717, 1.165) is 37.7 Å². The number of ether oxygens (including phenoxy) is 1. The molecule has 4 unspecified atom stereocenters. The van der Waals surface area contributed by atoms with E-state index in [1.54, 1.807) is 0 Å². The summed E-state index contributed by atoms with van der Waals surface area (Å²) < 4.78 is 6.67. The summed E-state index contributed by atoms with van der Waals surface area (Å²) in [5.74, 6) is 2.34. The summed E-state index contributed by atoms with van der Waals surface area (Å²) in [4.78, 5) is 12.6. The topological polar surface area (TPSA) is 26.3 Å². The predicted molar refractivity (Wildman–Crippen MR) is 108 cm³/mol. The van der Waals surface area contributed by atoms with Crippen LogP contribution in [0.5, 0.6) is 0 Å². The van der Waals surface area contributed by atoms with Gasteiger partial charge in [0.05, 0.1) is 11.7 Å². The van der Waals surface area contributed by atoms with Crippen LogP contribution in [0, 0.1) is 23.2 Å². The van der Waals surface area contributed by atoms with Gasteiger partial charge in [0, 0.05) is 6.42 Å². The Morgan fingerprint density at radius 1 is 1.31 bits per heavy atom. The molecule has 0 aliphatic heterocycles. The number of allylic oxidation sites excluding steroid dienone is 3. The maximum Gasteiger partial charge on any atom is 0.158 e. The summed E-state index contributed by atoms with van der Waals surface area (Å²) in [7, 11) is 0. The highest BCUT2D eigenvalue weighted by Crippen LogP contribution is 2.62. The van der Waals surface area contributed by atoms with Gasteiger partial charge in [-0.1, -0.05) is 31.9 Å². The smallest absolute Gasteiger partial charge is 0.158 e. The van der Waals surface area contributed by atoms with Gasteiger partial charge in [-0.3, -0.25) is 4.79 Å². The van der Waals surface area contributed by atoms with Crippen molar-refractivity contribution >= 4 is 5.78 Å². The maximum atomic E-state index is 12.6. The average molecular weight is 359 g/mol. The minimum atomic E-state index is -0.0935. The van der Waals surface area contributed by atoms with Gasteiger partial charge in [0.2, 0.25) is 0 Å². The Morgan fingerprint density at radius 3 is 2.65 bits per heavy atom. The molecule has 0 saturated heterocycles. The summed E-state index contributed by atoms with van der Waals surface area (Å²) in [5.41, 5.74) is 2.84. The summed E-state index contributed by atoms with van der Waals surface area (Å²) >= 11 is 0. The highest BCUT2D eigenvalue weighted by molar-refractivity contribution is 5.97. The standard InChI is InChI=1S/C24H38O2/c1-7-9-10-19-17-13-14-24(6)20(18(17)11-12-21(19)25)15-16(8-2)22(24)26-23(3,4)5/h7,16,18,20,22H,1,8-15H2,2-6H3/t16?,18?,20?,22?,24-/m1/s1. The van der Waals surface area contributed by atoms with Crippen molar-refractivity contribution in [2.24, 2.45) is 23.2 Å². The minimum Gasteiger partial charge on any atom is -0.372 e. The van der Waals surface area contributed by atoms with E-state index in [2.05, 4.69) is 41.2 Å². The van der Waals surface area contributed by atoms with Crippen molar-refractivity contribution in [1.82, 2.24) is 0 Å². The number of fused-ring (bicyclic) bond motifs is 3. The molecule has 0 bridgehead atoms. The molecule has 0 N–H and O–H groups in total. The molecule has 3 aliphatic rings. The first-order chi connectivity index (χ1) is 12.2. The normalized spacial score (nSPS) is 37.5. The van der Waals surface area contributed by atoms with Crippen LogP contribution in [0.25, 0.3) is 0 Å². The van der Waals surface area contributed by atoms with Crippen LogP contribution in [0.15, 0.2) is 23.8 Å². The molecule has 0 aromatic rings. The van der Waals surface area contributed by atoms with E-state index in [4.69, 9.17) is 4.74 Å². The number of hydrogen-bond donors (Lipinski definition) is 0. The quantitative estimate of drug-likeness (QED) is 0.542. The van der Waals surface area contributed by atoms with Gasteiger partial charge in [0.1, 0.15) is 0 Å². The lowest BCUT2D eigenvalue weighted by atomic mass is 9.58. The van der Waals surface area contributed by atoms with E-state index < -0.39 is 0 Å². The van der Waals surface area contributed by atoms with Gasteiger partial charge in [-0.2, -0.15) is 0 Å². The molecule has 0 spiro atoms. The zero-order valence-corrected chi connectivity index (χ0v) is 17.6. The molecule has 3 aliphatic carbocycles. The largest absolute Gasteiger partial charge is 0.372 e. The lowest BCUT2D eigenvalue weighted by Crippen LogP contribution is -2.46. The van der Waals surface area contributed by atoms with E-state index in [0.29, 0.717) is 29.6 Å². The van der Waals surface area contributed by atoms with Crippen molar-refractivity contribution < 1.29 is 9.53 Å². The van der Waals surface area contributed by atoms with E-state index in [1.807, 2.05) is 6.08 Å². The Labute approximate surface area is 160 Å². The Bertz CT molecular complexity index is 594. The lowest BCUT2D eigenvalue weighted by molar-refractivity contribution is -0.134. The predicted octanol–water partition coefficient (Wildman–Crippen LogP) is 6.26. The van der Waals surface area contributed by atoms with Crippen molar-refractivity contribution in [1.29, 1.82) is 0 Å². The Kier molecular flexibility index (Phi) is 5.55. The van der Waals surface area contributed by atoms with Gasteiger partial charge in [-0.05, 0) is 88.0 Å².